The molecule has 1 aliphatic rings. The van der Waals surface area contributed by atoms with E-state index in [9.17, 15) is 9.59 Å². The Bertz CT molecular complexity index is 757. The maximum atomic E-state index is 12.4. The Balaban J connectivity index is 1.47. The number of morpholine rings is 1. The Labute approximate surface area is 162 Å². The lowest BCUT2D eigenvalue weighted by molar-refractivity contribution is -0.0295. The number of hydrogen-bond donors (Lipinski definition) is 2. The first-order valence-corrected chi connectivity index (χ1v) is 9.89. The van der Waals surface area contributed by atoms with E-state index in [4.69, 9.17) is 9.15 Å². The molecular weight excluding hydrogens is 366 g/mol. The van der Waals surface area contributed by atoms with Gasteiger partial charge in [0.05, 0.1) is 28.9 Å². The molecule has 0 bridgehead atoms. The number of carbonyl (C=O) groups is 2. The molecule has 2 amide bonds. The number of hydrogen-bond acceptors (Lipinski definition) is 6. The number of nitrogens with one attached hydrogen (secondary N) is 2. The van der Waals surface area contributed by atoms with E-state index in [1.165, 1.54) is 17.6 Å². The second-order valence-electron chi connectivity index (χ2n) is 6.95. The van der Waals surface area contributed by atoms with Gasteiger partial charge in [-0.3, -0.25) is 14.5 Å². The average molecular weight is 391 g/mol. The Hall–Kier alpha value is -2.16. The van der Waals surface area contributed by atoms with Crippen LogP contribution in [0.15, 0.2) is 34.9 Å². The number of thiophene rings is 1. The molecule has 0 saturated carbocycles. The molecule has 1 aliphatic heterocycles. The molecule has 3 rings (SSSR count). The summed E-state index contributed by atoms with van der Waals surface area (Å²) in [5.74, 6) is 0.340. The minimum Gasteiger partial charge on any atom is -0.459 e. The fourth-order valence-corrected chi connectivity index (χ4v) is 3.81. The second kappa shape index (κ2) is 9.16. The summed E-state index contributed by atoms with van der Waals surface area (Å²) < 4.78 is 10.8. The first kappa shape index (κ1) is 19.6. The molecule has 2 aromatic heterocycles. The largest absolute Gasteiger partial charge is 0.459 e. The minimum absolute atomic E-state index is 0.000428. The molecule has 146 valence electrons. The van der Waals surface area contributed by atoms with E-state index in [-0.39, 0.29) is 23.7 Å². The van der Waals surface area contributed by atoms with Gasteiger partial charge in [0, 0.05) is 26.2 Å². The molecule has 7 nitrogen and oxygen atoms in total. The molecule has 2 aromatic rings. The number of ether oxygens (including phenoxy) is 1. The minimum atomic E-state index is -0.338. The van der Waals surface area contributed by atoms with Crippen LogP contribution in [0.2, 0.25) is 0 Å². The van der Waals surface area contributed by atoms with Crippen molar-refractivity contribution in [3.63, 3.8) is 0 Å². The third-order valence-electron chi connectivity index (χ3n) is 4.15. The molecule has 1 saturated heterocycles. The third kappa shape index (κ3) is 5.66. The molecular formula is C19H25N3O4S. The molecule has 8 heteroatoms. The molecule has 1 atom stereocenters. The summed E-state index contributed by atoms with van der Waals surface area (Å²) in [7, 11) is 0. The van der Waals surface area contributed by atoms with Gasteiger partial charge in [-0.05, 0) is 30.2 Å². The fraction of sp³-hybridized carbons (Fsp3) is 0.474. The molecule has 0 radical (unpaired) electrons. The van der Waals surface area contributed by atoms with Crippen molar-refractivity contribution in [1.29, 1.82) is 0 Å². The normalized spacial score (nSPS) is 17.8. The van der Waals surface area contributed by atoms with Gasteiger partial charge in [0.2, 0.25) is 0 Å². The number of nitrogens with zero attached hydrogens (tertiary/aromatic N) is 1. The Morgan fingerprint density at radius 3 is 2.89 bits per heavy atom. The standard InChI is InChI=1S/C19H25N3O4S/c1-13(2)11-22-7-9-25-14(12-22)10-20-19(24)16-5-6-17(27-16)21-18(23)15-4-3-8-26-15/h3-6,8,13-14H,7,9-12H2,1-2H3,(H,20,24)(H,21,23). The lowest BCUT2D eigenvalue weighted by Crippen LogP contribution is -2.48. The van der Waals surface area contributed by atoms with E-state index in [0.717, 1.165) is 19.6 Å². The van der Waals surface area contributed by atoms with E-state index in [0.29, 0.717) is 28.9 Å². The van der Waals surface area contributed by atoms with Gasteiger partial charge in [0.25, 0.3) is 11.8 Å². The highest BCUT2D eigenvalue weighted by atomic mass is 32.1. The highest BCUT2D eigenvalue weighted by molar-refractivity contribution is 7.18. The summed E-state index contributed by atoms with van der Waals surface area (Å²) in [5, 5.41) is 6.24. The summed E-state index contributed by atoms with van der Waals surface area (Å²) in [6, 6.07) is 6.65. The molecule has 2 N–H and O–H groups in total. The maximum absolute atomic E-state index is 12.4. The number of carbonyl (C=O) groups excluding carboxylic acids is 2. The molecule has 27 heavy (non-hydrogen) atoms. The van der Waals surface area contributed by atoms with Crippen molar-refractivity contribution in [2.24, 2.45) is 5.92 Å². The Morgan fingerprint density at radius 1 is 1.30 bits per heavy atom. The lowest BCUT2D eigenvalue weighted by atomic mass is 10.2. The van der Waals surface area contributed by atoms with Crippen molar-refractivity contribution in [3.05, 3.63) is 41.2 Å². The van der Waals surface area contributed by atoms with E-state index in [1.807, 2.05) is 0 Å². The highest BCUT2D eigenvalue weighted by Gasteiger charge is 2.22. The summed E-state index contributed by atoms with van der Waals surface area (Å²) in [5.41, 5.74) is 0. The van der Waals surface area contributed by atoms with E-state index < -0.39 is 0 Å². The van der Waals surface area contributed by atoms with Gasteiger partial charge in [0.15, 0.2) is 5.76 Å². The van der Waals surface area contributed by atoms with Crippen molar-refractivity contribution in [1.82, 2.24) is 10.2 Å². The van der Waals surface area contributed by atoms with Crippen LogP contribution < -0.4 is 10.6 Å². The van der Waals surface area contributed by atoms with Crippen molar-refractivity contribution in [2.45, 2.75) is 20.0 Å². The van der Waals surface area contributed by atoms with E-state index in [1.54, 1.807) is 24.3 Å². The van der Waals surface area contributed by atoms with Gasteiger partial charge in [0.1, 0.15) is 0 Å². The van der Waals surface area contributed by atoms with Crippen molar-refractivity contribution in [3.8, 4) is 0 Å². The van der Waals surface area contributed by atoms with Crippen LogP contribution in [0.1, 0.15) is 34.1 Å². The number of amides is 2. The first-order valence-electron chi connectivity index (χ1n) is 9.08. The summed E-state index contributed by atoms with van der Waals surface area (Å²) in [4.78, 5) is 27.3. The monoisotopic (exact) mass is 391 g/mol. The molecule has 0 aromatic carbocycles. The van der Waals surface area contributed by atoms with Crippen LogP contribution in [-0.2, 0) is 4.74 Å². The molecule has 0 aliphatic carbocycles. The van der Waals surface area contributed by atoms with Crippen LogP contribution in [0.5, 0.6) is 0 Å². The zero-order valence-electron chi connectivity index (χ0n) is 15.6. The molecule has 3 heterocycles. The predicted octanol–water partition coefficient (Wildman–Crippen LogP) is 2.68. The van der Waals surface area contributed by atoms with Crippen LogP contribution in [0.3, 0.4) is 0 Å². The molecule has 1 unspecified atom stereocenters. The lowest BCUT2D eigenvalue weighted by Gasteiger charge is -2.33. The summed E-state index contributed by atoms with van der Waals surface area (Å²) >= 11 is 1.23. The van der Waals surface area contributed by atoms with Gasteiger partial charge in [-0.1, -0.05) is 13.8 Å². The highest BCUT2D eigenvalue weighted by Crippen LogP contribution is 2.22. The first-order chi connectivity index (χ1) is 13.0. The topological polar surface area (TPSA) is 83.8 Å². The Kier molecular flexibility index (Phi) is 6.65. The van der Waals surface area contributed by atoms with Crippen molar-refractivity contribution >= 4 is 28.2 Å². The maximum Gasteiger partial charge on any atom is 0.291 e. The summed E-state index contributed by atoms with van der Waals surface area (Å²) in [6.07, 6.45) is 1.44. The van der Waals surface area contributed by atoms with Gasteiger partial charge < -0.3 is 19.8 Å². The average Bonchev–Trinajstić information content (AvgIpc) is 3.31. The second-order valence-corrected chi connectivity index (χ2v) is 8.04. The van der Waals surface area contributed by atoms with Crippen LogP contribution in [-0.4, -0.2) is 55.6 Å². The fourth-order valence-electron chi connectivity index (χ4n) is 2.99. The van der Waals surface area contributed by atoms with Gasteiger partial charge in [-0.25, -0.2) is 0 Å². The molecule has 0 spiro atoms. The van der Waals surface area contributed by atoms with E-state index >= 15 is 0 Å². The molecule has 1 fully saturated rings. The van der Waals surface area contributed by atoms with E-state index in [2.05, 4.69) is 29.4 Å². The van der Waals surface area contributed by atoms with Crippen LogP contribution in [0.4, 0.5) is 5.00 Å². The van der Waals surface area contributed by atoms with Gasteiger partial charge in [-0.2, -0.15) is 0 Å². The quantitative estimate of drug-likeness (QED) is 0.758. The van der Waals surface area contributed by atoms with Gasteiger partial charge >= 0.3 is 0 Å². The number of anilines is 1. The van der Waals surface area contributed by atoms with Crippen LogP contribution >= 0.6 is 11.3 Å². The van der Waals surface area contributed by atoms with Crippen molar-refractivity contribution in [2.75, 3.05) is 38.1 Å². The van der Waals surface area contributed by atoms with Crippen molar-refractivity contribution < 1.29 is 18.7 Å². The third-order valence-corrected chi connectivity index (χ3v) is 5.15. The zero-order chi connectivity index (χ0) is 19.2. The van der Waals surface area contributed by atoms with Gasteiger partial charge in [-0.15, -0.1) is 11.3 Å². The van der Waals surface area contributed by atoms with Crippen LogP contribution in [0.25, 0.3) is 0 Å². The number of rotatable bonds is 7. The summed E-state index contributed by atoms with van der Waals surface area (Å²) in [6.45, 7) is 8.36. The zero-order valence-corrected chi connectivity index (χ0v) is 16.4. The SMILES string of the molecule is CC(C)CN1CCOC(CNC(=O)c2ccc(NC(=O)c3ccco3)s2)C1. The smallest absolute Gasteiger partial charge is 0.291 e. The number of furan rings is 1. The Morgan fingerprint density at radius 2 is 2.15 bits per heavy atom. The predicted molar refractivity (Wildman–Crippen MR) is 104 cm³/mol. The van der Waals surface area contributed by atoms with Crippen LogP contribution in [0, 0.1) is 5.92 Å².